The van der Waals surface area contributed by atoms with E-state index in [2.05, 4.69) is 10.2 Å². The second-order valence-electron chi connectivity index (χ2n) is 5.74. The minimum Gasteiger partial charge on any atom is -0.469 e. The summed E-state index contributed by atoms with van der Waals surface area (Å²) in [6, 6.07) is 11.7. The Labute approximate surface area is 136 Å². The van der Waals surface area contributed by atoms with Crippen molar-refractivity contribution in [3.05, 3.63) is 59.5 Å². The summed E-state index contributed by atoms with van der Waals surface area (Å²) >= 11 is 0. The first-order valence-corrected chi connectivity index (χ1v) is 7.94. The Balaban J connectivity index is 1.74. The number of ether oxygens (including phenoxy) is 1. The van der Waals surface area contributed by atoms with Gasteiger partial charge < -0.3 is 14.5 Å². The number of nitrogens with zero attached hydrogens (tertiary/aromatic N) is 1. The maximum atomic E-state index is 12.5. The molecule has 1 unspecified atom stereocenters. The molecule has 1 aliphatic rings. The zero-order valence-corrected chi connectivity index (χ0v) is 13.3. The third kappa shape index (κ3) is 4.00. The molecule has 2 aromatic rings. The number of morpholine rings is 1. The molecule has 1 aromatic carbocycles. The van der Waals surface area contributed by atoms with E-state index in [1.807, 2.05) is 30.3 Å². The van der Waals surface area contributed by atoms with Gasteiger partial charge in [-0.15, -0.1) is 0 Å². The number of benzene rings is 1. The molecule has 1 amide bonds. The molecule has 5 heteroatoms. The van der Waals surface area contributed by atoms with Gasteiger partial charge in [-0.05, 0) is 18.6 Å². The van der Waals surface area contributed by atoms with Gasteiger partial charge in [-0.25, -0.2) is 0 Å². The fourth-order valence-corrected chi connectivity index (χ4v) is 2.82. The number of hydrogen-bond donors (Lipinski definition) is 1. The van der Waals surface area contributed by atoms with Crippen LogP contribution in [0.25, 0.3) is 0 Å². The molecule has 1 N–H and O–H groups in total. The SMILES string of the molecule is Cc1occc1C(=O)NC(CN1CCOCC1)c1ccccc1. The number of amides is 1. The van der Waals surface area contributed by atoms with E-state index in [0.29, 0.717) is 11.3 Å². The molecule has 1 atom stereocenters. The van der Waals surface area contributed by atoms with Gasteiger partial charge in [0.15, 0.2) is 0 Å². The first kappa shape index (κ1) is 15.8. The Bertz CT molecular complexity index is 633. The maximum absolute atomic E-state index is 12.5. The van der Waals surface area contributed by atoms with Crippen molar-refractivity contribution >= 4 is 5.91 Å². The van der Waals surface area contributed by atoms with E-state index in [0.717, 1.165) is 38.4 Å². The maximum Gasteiger partial charge on any atom is 0.255 e. The Kier molecular flexibility index (Phi) is 5.10. The van der Waals surface area contributed by atoms with Gasteiger partial charge in [0, 0.05) is 19.6 Å². The minimum atomic E-state index is -0.0987. The van der Waals surface area contributed by atoms with E-state index in [4.69, 9.17) is 9.15 Å². The second-order valence-corrected chi connectivity index (χ2v) is 5.74. The average Bonchev–Trinajstić information content (AvgIpc) is 3.02. The van der Waals surface area contributed by atoms with Crippen LogP contribution in [0, 0.1) is 6.92 Å². The van der Waals surface area contributed by atoms with E-state index in [1.165, 1.54) is 0 Å². The number of carbonyl (C=O) groups is 1. The highest BCUT2D eigenvalue weighted by Crippen LogP contribution is 2.17. The highest BCUT2D eigenvalue weighted by atomic mass is 16.5. The number of furan rings is 1. The van der Waals surface area contributed by atoms with Crippen LogP contribution >= 0.6 is 0 Å². The molecular formula is C18H22N2O3. The predicted octanol–water partition coefficient (Wildman–Crippen LogP) is 2.39. The number of hydrogen-bond acceptors (Lipinski definition) is 4. The average molecular weight is 314 g/mol. The molecule has 1 fully saturated rings. The summed E-state index contributed by atoms with van der Waals surface area (Å²) in [7, 11) is 0. The van der Waals surface area contributed by atoms with Gasteiger partial charge in [-0.3, -0.25) is 9.69 Å². The normalized spacial score (nSPS) is 16.9. The summed E-state index contributed by atoms with van der Waals surface area (Å²) in [6.45, 7) is 5.85. The van der Waals surface area contributed by atoms with Gasteiger partial charge in [0.2, 0.25) is 0 Å². The molecule has 5 nitrogen and oxygen atoms in total. The number of rotatable bonds is 5. The third-order valence-electron chi connectivity index (χ3n) is 4.16. The van der Waals surface area contributed by atoms with E-state index in [-0.39, 0.29) is 11.9 Å². The van der Waals surface area contributed by atoms with Gasteiger partial charge in [0.05, 0.1) is 31.1 Å². The predicted molar refractivity (Wildman–Crippen MR) is 87.4 cm³/mol. The molecule has 0 spiro atoms. The smallest absolute Gasteiger partial charge is 0.255 e. The summed E-state index contributed by atoms with van der Waals surface area (Å²) in [5, 5.41) is 3.14. The van der Waals surface area contributed by atoms with Crippen molar-refractivity contribution in [3.63, 3.8) is 0 Å². The van der Waals surface area contributed by atoms with Crippen LogP contribution < -0.4 is 5.32 Å². The molecule has 1 aliphatic heterocycles. The van der Waals surface area contributed by atoms with Crippen LogP contribution in [0.15, 0.2) is 47.1 Å². The minimum absolute atomic E-state index is 0.0592. The lowest BCUT2D eigenvalue weighted by Gasteiger charge is -2.31. The zero-order chi connectivity index (χ0) is 16.1. The van der Waals surface area contributed by atoms with Gasteiger partial charge in [0.1, 0.15) is 5.76 Å². The highest BCUT2D eigenvalue weighted by Gasteiger charge is 2.21. The van der Waals surface area contributed by atoms with Crippen LogP contribution in [-0.4, -0.2) is 43.7 Å². The number of aryl methyl sites for hydroxylation is 1. The van der Waals surface area contributed by atoms with Crippen LogP contribution in [-0.2, 0) is 4.74 Å². The van der Waals surface area contributed by atoms with E-state index < -0.39 is 0 Å². The third-order valence-corrected chi connectivity index (χ3v) is 4.16. The Hall–Kier alpha value is -2.11. The summed E-state index contributed by atoms with van der Waals surface area (Å²) in [5.74, 6) is 0.541. The summed E-state index contributed by atoms with van der Waals surface area (Å²) in [4.78, 5) is 14.9. The second kappa shape index (κ2) is 7.44. The van der Waals surface area contributed by atoms with Crippen LogP contribution in [0.1, 0.15) is 27.7 Å². The standard InChI is InChI=1S/C18H22N2O3/c1-14-16(7-10-23-14)18(21)19-17(15-5-3-2-4-6-15)13-20-8-11-22-12-9-20/h2-7,10,17H,8-9,11-13H2,1H3,(H,19,21). The summed E-state index contributed by atoms with van der Waals surface area (Å²) < 4.78 is 10.6. The van der Waals surface area contributed by atoms with Crippen molar-refractivity contribution in [1.29, 1.82) is 0 Å². The molecule has 3 rings (SSSR count). The molecule has 2 heterocycles. The molecule has 1 aromatic heterocycles. The summed E-state index contributed by atoms with van der Waals surface area (Å²) in [6.07, 6.45) is 1.55. The van der Waals surface area contributed by atoms with Gasteiger partial charge >= 0.3 is 0 Å². The molecular weight excluding hydrogens is 292 g/mol. The molecule has 1 saturated heterocycles. The first-order valence-electron chi connectivity index (χ1n) is 7.94. The van der Waals surface area contributed by atoms with E-state index in [1.54, 1.807) is 19.3 Å². The Morgan fingerprint density at radius 2 is 1.96 bits per heavy atom. The molecule has 122 valence electrons. The lowest BCUT2D eigenvalue weighted by atomic mass is 10.1. The lowest BCUT2D eigenvalue weighted by Crippen LogP contribution is -2.43. The fourth-order valence-electron chi connectivity index (χ4n) is 2.82. The topological polar surface area (TPSA) is 54.7 Å². The Morgan fingerprint density at radius 1 is 1.22 bits per heavy atom. The van der Waals surface area contributed by atoms with Crippen molar-refractivity contribution in [2.45, 2.75) is 13.0 Å². The van der Waals surface area contributed by atoms with E-state index >= 15 is 0 Å². The molecule has 23 heavy (non-hydrogen) atoms. The highest BCUT2D eigenvalue weighted by molar-refractivity contribution is 5.95. The first-order chi connectivity index (χ1) is 11.2. The quantitative estimate of drug-likeness (QED) is 0.921. The van der Waals surface area contributed by atoms with Crippen molar-refractivity contribution in [1.82, 2.24) is 10.2 Å². The van der Waals surface area contributed by atoms with Gasteiger partial charge in [-0.2, -0.15) is 0 Å². The largest absolute Gasteiger partial charge is 0.469 e. The molecule has 0 saturated carbocycles. The van der Waals surface area contributed by atoms with Crippen molar-refractivity contribution in [3.8, 4) is 0 Å². The van der Waals surface area contributed by atoms with Gasteiger partial charge in [-0.1, -0.05) is 30.3 Å². The molecule has 0 radical (unpaired) electrons. The van der Waals surface area contributed by atoms with Crippen LogP contribution in [0.5, 0.6) is 0 Å². The van der Waals surface area contributed by atoms with Crippen LogP contribution in [0.3, 0.4) is 0 Å². The monoisotopic (exact) mass is 314 g/mol. The lowest BCUT2D eigenvalue weighted by molar-refractivity contribution is 0.0332. The molecule has 0 aliphatic carbocycles. The fraction of sp³-hybridized carbons (Fsp3) is 0.389. The Morgan fingerprint density at radius 3 is 2.61 bits per heavy atom. The number of carbonyl (C=O) groups excluding carboxylic acids is 1. The van der Waals surface area contributed by atoms with Crippen LogP contribution in [0.4, 0.5) is 0 Å². The summed E-state index contributed by atoms with van der Waals surface area (Å²) in [5.41, 5.74) is 1.70. The van der Waals surface area contributed by atoms with Gasteiger partial charge in [0.25, 0.3) is 5.91 Å². The van der Waals surface area contributed by atoms with Crippen molar-refractivity contribution in [2.24, 2.45) is 0 Å². The zero-order valence-electron chi connectivity index (χ0n) is 13.3. The van der Waals surface area contributed by atoms with Crippen molar-refractivity contribution in [2.75, 3.05) is 32.8 Å². The van der Waals surface area contributed by atoms with Crippen LogP contribution in [0.2, 0.25) is 0 Å². The molecule has 0 bridgehead atoms. The van der Waals surface area contributed by atoms with E-state index in [9.17, 15) is 4.79 Å². The van der Waals surface area contributed by atoms with Crippen molar-refractivity contribution < 1.29 is 13.9 Å². The number of nitrogens with one attached hydrogen (secondary N) is 1.